The van der Waals surface area contributed by atoms with Crippen molar-refractivity contribution in [2.75, 3.05) is 13.2 Å². The Morgan fingerprint density at radius 3 is 1.33 bits per heavy atom. The van der Waals surface area contributed by atoms with Crippen LogP contribution >= 0.6 is 0 Å². The van der Waals surface area contributed by atoms with Crippen molar-refractivity contribution in [2.24, 2.45) is 0 Å². The molecule has 0 aromatic heterocycles. The molecule has 4 aromatic rings. The Morgan fingerprint density at radius 2 is 0.949 bits per heavy atom. The van der Waals surface area contributed by atoms with Crippen LogP contribution in [0.5, 0.6) is 11.5 Å². The number of unbranched alkanes of at least 4 members (excludes halogenated alkanes) is 2. The van der Waals surface area contributed by atoms with Gasteiger partial charge in [0.25, 0.3) is 0 Å². The number of rotatable bonds is 14. The number of ether oxygens (including phenoxy) is 2. The minimum absolute atomic E-state index is 0.0469. The van der Waals surface area contributed by atoms with Gasteiger partial charge in [-0.25, -0.2) is 0 Å². The topological polar surface area (TPSA) is 52.6 Å². The molecule has 4 rings (SSSR count). The summed E-state index contributed by atoms with van der Waals surface area (Å²) < 4.78 is 12.1. The molecule has 0 unspecified atom stereocenters. The molecule has 0 aliphatic carbocycles. The molecule has 0 saturated heterocycles. The molecule has 0 amide bonds. The molecule has 0 spiro atoms. The smallest absolute Gasteiger partial charge is 0.193 e. The fraction of sp³-hybridized carbons (Fsp3) is 0.257. The van der Waals surface area contributed by atoms with E-state index in [2.05, 4.69) is 13.8 Å². The highest BCUT2D eigenvalue weighted by Crippen LogP contribution is 2.26. The average molecular weight is 521 g/mol. The van der Waals surface area contributed by atoms with E-state index >= 15 is 0 Å². The lowest BCUT2D eigenvalue weighted by Crippen LogP contribution is -2.06. The summed E-state index contributed by atoms with van der Waals surface area (Å²) in [7, 11) is 0. The lowest BCUT2D eigenvalue weighted by Gasteiger charge is -2.14. The van der Waals surface area contributed by atoms with Gasteiger partial charge in [0.1, 0.15) is 11.5 Å². The van der Waals surface area contributed by atoms with Crippen LogP contribution in [0.2, 0.25) is 0 Å². The maximum absolute atomic E-state index is 13.3. The summed E-state index contributed by atoms with van der Waals surface area (Å²) in [6.45, 7) is 5.42. The molecule has 0 radical (unpaired) electrons. The maximum Gasteiger partial charge on any atom is 0.193 e. The van der Waals surface area contributed by atoms with E-state index in [1.807, 2.05) is 97.1 Å². The van der Waals surface area contributed by atoms with Crippen LogP contribution in [0.4, 0.5) is 0 Å². The van der Waals surface area contributed by atoms with Crippen LogP contribution in [0.15, 0.2) is 97.1 Å². The molecule has 200 valence electrons. The van der Waals surface area contributed by atoms with Crippen molar-refractivity contribution in [3.63, 3.8) is 0 Å². The highest BCUT2D eigenvalue weighted by molar-refractivity contribution is 6.10. The molecule has 0 atom stereocenters. The Labute approximate surface area is 231 Å². The van der Waals surface area contributed by atoms with Crippen molar-refractivity contribution in [1.82, 2.24) is 0 Å². The first kappa shape index (κ1) is 27.8. The minimum atomic E-state index is -0.0469. The summed E-state index contributed by atoms with van der Waals surface area (Å²) in [4.78, 5) is 26.6. The van der Waals surface area contributed by atoms with E-state index in [0.29, 0.717) is 53.4 Å². The Hall–Kier alpha value is -4.18. The SMILES string of the molecule is CCCCOc1cc(Cc2cc(OCCCC)cc(C(=O)c3ccccc3)c2)cc(C(=O)c2ccccc2)c1. The number of hydrogen-bond donors (Lipinski definition) is 0. The quantitative estimate of drug-likeness (QED) is 0.125. The summed E-state index contributed by atoms with van der Waals surface area (Å²) in [5, 5.41) is 0. The summed E-state index contributed by atoms with van der Waals surface area (Å²) in [6.07, 6.45) is 4.46. The number of benzene rings is 4. The zero-order valence-electron chi connectivity index (χ0n) is 22.8. The molecule has 0 bridgehead atoms. The van der Waals surface area contributed by atoms with E-state index in [9.17, 15) is 9.59 Å². The number of carbonyl (C=O) groups excluding carboxylic acids is 2. The standard InChI is InChI=1S/C35H36O4/c1-3-5-17-38-32-22-26(20-30(24-32)34(36)28-13-9-7-10-14-28)19-27-21-31(25-33(23-27)39-18-6-4-2)35(37)29-15-11-8-12-16-29/h7-16,20-25H,3-6,17-19H2,1-2H3. The van der Waals surface area contributed by atoms with E-state index in [-0.39, 0.29) is 11.6 Å². The van der Waals surface area contributed by atoms with Crippen molar-refractivity contribution in [3.8, 4) is 11.5 Å². The first-order chi connectivity index (χ1) is 19.1. The second-order valence-electron chi connectivity index (χ2n) is 9.70. The monoisotopic (exact) mass is 520 g/mol. The third kappa shape index (κ3) is 7.90. The molecule has 0 saturated carbocycles. The Kier molecular flexibility index (Phi) is 10.1. The van der Waals surface area contributed by atoms with E-state index < -0.39 is 0 Å². The predicted molar refractivity (Wildman–Crippen MR) is 156 cm³/mol. The number of hydrogen-bond acceptors (Lipinski definition) is 4. The number of carbonyl (C=O) groups is 2. The van der Waals surface area contributed by atoms with Gasteiger partial charge in [-0.2, -0.15) is 0 Å². The molecule has 4 nitrogen and oxygen atoms in total. The van der Waals surface area contributed by atoms with Gasteiger partial charge in [-0.05, 0) is 66.8 Å². The van der Waals surface area contributed by atoms with Crippen molar-refractivity contribution < 1.29 is 19.1 Å². The molecule has 4 heteroatoms. The molecule has 0 aliphatic rings. The molecule has 39 heavy (non-hydrogen) atoms. The van der Waals surface area contributed by atoms with Crippen molar-refractivity contribution in [2.45, 2.75) is 46.0 Å². The van der Waals surface area contributed by atoms with Crippen LogP contribution in [-0.2, 0) is 6.42 Å². The van der Waals surface area contributed by atoms with Gasteiger partial charge < -0.3 is 9.47 Å². The van der Waals surface area contributed by atoms with Crippen molar-refractivity contribution in [3.05, 3.63) is 130 Å². The third-order valence-electron chi connectivity index (χ3n) is 6.47. The van der Waals surface area contributed by atoms with E-state index in [0.717, 1.165) is 36.8 Å². The highest BCUT2D eigenvalue weighted by Gasteiger charge is 2.15. The first-order valence-electron chi connectivity index (χ1n) is 13.8. The third-order valence-corrected chi connectivity index (χ3v) is 6.47. The zero-order valence-corrected chi connectivity index (χ0v) is 22.8. The van der Waals surface area contributed by atoms with Crippen LogP contribution in [0.1, 0.15) is 82.5 Å². The maximum atomic E-state index is 13.3. The molecule has 0 fully saturated rings. The summed E-state index contributed by atoms with van der Waals surface area (Å²) >= 11 is 0. The van der Waals surface area contributed by atoms with Gasteiger partial charge >= 0.3 is 0 Å². The first-order valence-corrected chi connectivity index (χ1v) is 13.8. The van der Waals surface area contributed by atoms with Crippen LogP contribution in [0, 0.1) is 0 Å². The predicted octanol–water partition coefficient (Wildman–Crippen LogP) is 8.10. The average Bonchev–Trinajstić information content (AvgIpc) is 2.97. The Balaban J connectivity index is 1.69. The van der Waals surface area contributed by atoms with Gasteiger partial charge in [0.15, 0.2) is 11.6 Å². The van der Waals surface area contributed by atoms with Crippen molar-refractivity contribution in [1.29, 1.82) is 0 Å². The van der Waals surface area contributed by atoms with Crippen LogP contribution < -0.4 is 9.47 Å². The van der Waals surface area contributed by atoms with Gasteiger partial charge in [-0.15, -0.1) is 0 Å². The zero-order chi connectivity index (χ0) is 27.5. The lowest BCUT2D eigenvalue weighted by atomic mass is 9.95. The van der Waals surface area contributed by atoms with Crippen LogP contribution in [-0.4, -0.2) is 24.8 Å². The Morgan fingerprint density at radius 1 is 0.538 bits per heavy atom. The lowest BCUT2D eigenvalue weighted by molar-refractivity contribution is 0.103. The van der Waals surface area contributed by atoms with Gasteiger partial charge in [-0.1, -0.05) is 87.4 Å². The minimum Gasteiger partial charge on any atom is -0.494 e. The van der Waals surface area contributed by atoms with Gasteiger partial charge in [0.2, 0.25) is 0 Å². The fourth-order valence-corrected chi connectivity index (χ4v) is 4.37. The molecule has 0 aliphatic heterocycles. The second-order valence-corrected chi connectivity index (χ2v) is 9.70. The van der Waals surface area contributed by atoms with E-state index in [1.54, 1.807) is 0 Å². The summed E-state index contributed by atoms with van der Waals surface area (Å²) in [5.74, 6) is 1.26. The van der Waals surface area contributed by atoms with Gasteiger partial charge in [0.05, 0.1) is 13.2 Å². The normalized spacial score (nSPS) is 10.7. The van der Waals surface area contributed by atoms with E-state index in [1.165, 1.54) is 0 Å². The van der Waals surface area contributed by atoms with Crippen molar-refractivity contribution >= 4 is 11.6 Å². The molecular formula is C35H36O4. The van der Waals surface area contributed by atoms with Crippen LogP contribution in [0.25, 0.3) is 0 Å². The fourth-order valence-electron chi connectivity index (χ4n) is 4.37. The largest absolute Gasteiger partial charge is 0.494 e. The summed E-state index contributed by atoms with van der Waals surface area (Å²) in [5.41, 5.74) is 4.31. The second kappa shape index (κ2) is 14.1. The van der Waals surface area contributed by atoms with Gasteiger partial charge in [-0.3, -0.25) is 9.59 Å². The van der Waals surface area contributed by atoms with E-state index in [4.69, 9.17) is 9.47 Å². The van der Waals surface area contributed by atoms with Crippen LogP contribution in [0.3, 0.4) is 0 Å². The number of ketones is 2. The highest BCUT2D eigenvalue weighted by atomic mass is 16.5. The van der Waals surface area contributed by atoms with Gasteiger partial charge in [0, 0.05) is 22.3 Å². The molecular weight excluding hydrogens is 484 g/mol. The Bertz CT molecular complexity index is 1270. The molecule has 0 heterocycles. The molecule has 4 aromatic carbocycles. The molecule has 0 N–H and O–H groups in total. The summed E-state index contributed by atoms with van der Waals surface area (Å²) in [6, 6.07) is 30.0.